The van der Waals surface area contributed by atoms with E-state index in [4.69, 9.17) is 19.3 Å². The molecule has 1 heterocycles. The van der Waals surface area contributed by atoms with E-state index in [0.29, 0.717) is 28.8 Å². The van der Waals surface area contributed by atoms with E-state index in [-0.39, 0.29) is 19.4 Å². The summed E-state index contributed by atoms with van der Waals surface area (Å²) in [7, 11) is 3.09. The molecule has 0 saturated heterocycles. The highest BCUT2D eigenvalue weighted by Crippen LogP contribution is 2.31. The SMILES string of the molecule is COc1ccc(-c2noc(CCC(=O)OCC#N)n2)cc1OC. The van der Waals surface area contributed by atoms with E-state index < -0.39 is 5.97 Å². The number of hydrogen-bond acceptors (Lipinski definition) is 8. The Morgan fingerprint density at radius 1 is 1.30 bits per heavy atom. The lowest BCUT2D eigenvalue weighted by Gasteiger charge is -2.07. The van der Waals surface area contributed by atoms with Crippen LogP contribution in [0.5, 0.6) is 11.5 Å². The van der Waals surface area contributed by atoms with E-state index >= 15 is 0 Å². The highest BCUT2D eigenvalue weighted by molar-refractivity contribution is 5.69. The van der Waals surface area contributed by atoms with E-state index in [1.165, 1.54) is 7.11 Å². The van der Waals surface area contributed by atoms with E-state index in [0.717, 1.165) is 0 Å². The summed E-state index contributed by atoms with van der Waals surface area (Å²) in [6.45, 7) is -0.264. The van der Waals surface area contributed by atoms with Crippen LogP contribution in [0.1, 0.15) is 12.3 Å². The van der Waals surface area contributed by atoms with Crippen molar-refractivity contribution in [3.63, 3.8) is 0 Å². The molecule has 0 aliphatic heterocycles. The van der Waals surface area contributed by atoms with Crippen molar-refractivity contribution in [2.75, 3.05) is 20.8 Å². The largest absolute Gasteiger partial charge is 0.493 e. The van der Waals surface area contributed by atoms with Gasteiger partial charge >= 0.3 is 5.97 Å². The molecule has 0 saturated carbocycles. The molecule has 1 aromatic carbocycles. The highest BCUT2D eigenvalue weighted by atomic mass is 16.5. The summed E-state index contributed by atoms with van der Waals surface area (Å²) in [5.41, 5.74) is 0.699. The minimum atomic E-state index is -0.489. The van der Waals surface area contributed by atoms with E-state index in [9.17, 15) is 4.79 Å². The number of methoxy groups -OCH3 is 2. The van der Waals surface area contributed by atoms with Gasteiger partial charge in [0.25, 0.3) is 0 Å². The lowest BCUT2D eigenvalue weighted by Crippen LogP contribution is -2.05. The molecule has 0 spiro atoms. The molecule has 2 aromatic rings. The molecule has 2 rings (SSSR count). The molecule has 0 unspecified atom stereocenters. The standard InChI is InChI=1S/C15H15N3O5/c1-20-11-4-3-10(9-12(11)21-2)15-17-13(23-18-15)5-6-14(19)22-8-7-16/h3-4,9H,5-6,8H2,1-2H3. The van der Waals surface area contributed by atoms with Gasteiger partial charge in [0.05, 0.1) is 20.6 Å². The zero-order valence-corrected chi connectivity index (χ0v) is 12.7. The van der Waals surface area contributed by atoms with Crippen molar-refractivity contribution < 1.29 is 23.5 Å². The van der Waals surface area contributed by atoms with Crippen molar-refractivity contribution in [1.29, 1.82) is 5.26 Å². The first-order valence-corrected chi connectivity index (χ1v) is 6.75. The number of nitrogens with zero attached hydrogens (tertiary/aromatic N) is 3. The van der Waals surface area contributed by atoms with Gasteiger partial charge in [0, 0.05) is 12.0 Å². The maximum atomic E-state index is 11.3. The van der Waals surface area contributed by atoms with Gasteiger partial charge in [0.1, 0.15) is 6.07 Å². The van der Waals surface area contributed by atoms with Gasteiger partial charge in [-0.3, -0.25) is 4.79 Å². The van der Waals surface area contributed by atoms with Crippen molar-refractivity contribution in [2.45, 2.75) is 12.8 Å². The Morgan fingerprint density at radius 2 is 2.09 bits per heavy atom. The molecule has 0 fully saturated rings. The number of esters is 1. The summed E-state index contributed by atoms with van der Waals surface area (Å²) in [6.07, 6.45) is 0.305. The molecular weight excluding hydrogens is 302 g/mol. The minimum absolute atomic E-state index is 0.0647. The molecule has 0 atom stereocenters. The molecule has 23 heavy (non-hydrogen) atoms. The molecule has 0 bridgehead atoms. The van der Waals surface area contributed by atoms with Crippen molar-refractivity contribution in [3.8, 4) is 29.0 Å². The van der Waals surface area contributed by atoms with Crippen LogP contribution < -0.4 is 9.47 Å². The van der Waals surface area contributed by atoms with Crippen LogP contribution in [-0.4, -0.2) is 36.9 Å². The van der Waals surface area contributed by atoms with Crippen molar-refractivity contribution in [1.82, 2.24) is 10.1 Å². The van der Waals surface area contributed by atoms with Gasteiger partial charge in [-0.05, 0) is 18.2 Å². The van der Waals surface area contributed by atoms with Crippen LogP contribution in [0.3, 0.4) is 0 Å². The first-order chi connectivity index (χ1) is 11.2. The van der Waals surface area contributed by atoms with E-state index in [1.54, 1.807) is 31.4 Å². The Hall–Kier alpha value is -3.08. The number of aromatic nitrogens is 2. The molecule has 0 radical (unpaired) electrons. The van der Waals surface area contributed by atoms with Gasteiger partial charge in [-0.25, -0.2) is 0 Å². The molecular formula is C15H15N3O5. The second-order valence-electron chi connectivity index (χ2n) is 4.40. The van der Waals surface area contributed by atoms with Crippen LogP contribution in [0.25, 0.3) is 11.4 Å². The van der Waals surface area contributed by atoms with Crippen LogP contribution in [0, 0.1) is 11.3 Å². The number of carbonyl (C=O) groups excluding carboxylic acids is 1. The summed E-state index contributed by atoms with van der Waals surface area (Å²) in [6, 6.07) is 6.97. The number of carbonyl (C=O) groups is 1. The monoisotopic (exact) mass is 317 g/mol. The third-order valence-electron chi connectivity index (χ3n) is 2.95. The minimum Gasteiger partial charge on any atom is -0.493 e. The number of rotatable bonds is 7. The first kappa shape index (κ1) is 16.3. The van der Waals surface area contributed by atoms with Gasteiger partial charge in [-0.2, -0.15) is 10.2 Å². The van der Waals surface area contributed by atoms with Crippen LogP contribution in [-0.2, 0) is 16.0 Å². The molecule has 0 amide bonds. The van der Waals surface area contributed by atoms with Crippen molar-refractivity contribution in [2.24, 2.45) is 0 Å². The van der Waals surface area contributed by atoms with Crippen LogP contribution >= 0.6 is 0 Å². The van der Waals surface area contributed by atoms with Gasteiger partial charge < -0.3 is 18.7 Å². The van der Waals surface area contributed by atoms with Crippen molar-refractivity contribution in [3.05, 3.63) is 24.1 Å². The predicted molar refractivity (Wildman–Crippen MR) is 77.7 cm³/mol. The van der Waals surface area contributed by atoms with Gasteiger partial charge in [-0.15, -0.1) is 0 Å². The second kappa shape index (κ2) is 7.79. The van der Waals surface area contributed by atoms with E-state index in [2.05, 4.69) is 14.9 Å². The second-order valence-corrected chi connectivity index (χ2v) is 4.40. The lowest BCUT2D eigenvalue weighted by atomic mass is 10.2. The normalized spacial score (nSPS) is 9.96. The summed E-state index contributed by atoms with van der Waals surface area (Å²) >= 11 is 0. The Labute approximate surface area is 132 Å². The predicted octanol–water partition coefficient (Wildman–Crippen LogP) is 1.75. The van der Waals surface area contributed by atoms with E-state index in [1.807, 2.05) is 0 Å². The molecule has 1 aromatic heterocycles. The third-order valence-corrected chi connectivity index (χ3v) is 2.95. The number of hydrogen-bond donors (Lipinski definition) is 0. The van der Waals surface area contributed by atoms with Gasteiger partial charge in [-0.1, -0.05) is 5.16 Å². The lowest BCUT2D eigenvalue weighted by molar-refractivity contribution is -0.142. The summed E-state index contributed by atoms with van der Waals surface area (Å²) in [5, 5.41) is 12.2. The molecule has 0 aliphatic carbocycles. The fraction of sp³-hybridized carbons (Fsp3) is 0.333. The van der Waals surface area contributed by atoms with Crippen LogP contribution in [0.2, 0.25) is 0 Å². The maximum absolute atomic E-state index is 11.3. The first-order valence-electron chi connectivity index (χ1n) is 6.75. The maximum Gasteiger partial charge on any atom is 0.307 e. The fourth-order valence-electron chi connectivity index (χ4n) is 1.84. The third kappa shape index (κ3) is 4.20. The van der Waals surface area contributed by atoms with Gasteiger partial charge in [0.2, 0.25) is 11.7 Å². The highest BCUT2D eigenvalue weighted by Gasteiger charge is 2.13. The average molecular weight is 317 g/mol. The Kier molecular flexibility index (Phi) is 5.52. The molecule has 0 N–H and O–H groups in total. The molecule has 8 nitrogen and oxygen atoms in total. The molecule has 8 heteroatoms. The summed E-state index contributed by atoms with van der Waals surface area (Å²) in [5.74, 6) is 1.35. The number of nitriles is 1. The van der Waals surface area contributed by atoms with Crippen molar-refractivity contribution >= 4 is 5.97 Å². The number of ether oxygens (including phenoxy) is 3. The topological polar surface area (TPSA) is 107 Å². The van der Waals surface area contributed by atoms with Crippen LogP contribution in [0.15, 0.2) is 22.7 Å². The molecule has 120 valence electrons. The van der Waals surface area contributed by atoms with Crippen LogP contribution in [0.4, 0.5) is 0 Å². The average Bonchev–Trinajstić information content (AvgIpc) is 3.06. The van der Waals surface area contributed by atoms with Gasteiger partial charge in [0.15, 0.2) is 18.1 Å². The Morgan fingerprint density at radius 3 is 2.78 bits per heavy atom. The zero-order valence-electron chi connectivity index (χ0n) is 12.7. The Balaban J connectivity index is 2.04. The number of benzene rings is 1. The molecule has 0 aliphatic rings. The summed E-state index contributed by atoms with van der Waals surface area (Å²) in [4.78, 5) is 15.5. The number of aryl methyl sites for hydroxylation is 1. The summed E-state index contributed by atoms with van der Waals surface area (Å²) < 4.78 is 20.1. The smallest absolute Gasteiger partial charge is 0.307 e. The quantitative estimate of drug-likeness (QED) is 0.711. The zero-order chi connectivity index (χ0) is 16.7. The Bertz CT molecular complexity index is 720. The fourth-order valence-corrected chi connectivity index (χ4v) is 1.84.